The third-order valence-electron chi connectivity index (χ3n) is 10.3. The van der Waals surface area contributed by atoms with Crippen molar-refractivity contribution < 1.29 is 0 Å². The summed E-state index contributed by atoms with van der Waals surface area (Å²) in [6.07, 6.45) is 0. The fourth-order valence-electron chi connectivity index (χ4n) is 8.14. The molecule has 49 heavy (non-hydrogen) atoms. The lowest BCUT2D eigenvalue weighted by Gasteiger charge is -2.12. The normalized spacial score (nSPS) is 12.1. The molecule has 0 radical (unpaired) electrons. The zero-order valence-electron chi connectivity index (χ0n) is 26.5. The van der Waals surface area contributed by atoms with E-state index in [1.165, 1.54) is 97.1 Å². The summed E-state index contributed by atoms with van der Waals surface area (Å²) in [6.45, 7) is 0. The fraction of sp³-hybridized carbons (Fsp3) is 0. The van der Waals surface area contributed by atoms with Crippen LogP contribution in [0.2, 0.25) is 0 Å². The van der Waals surface area contributed by atoms with Crippen LogP contribution in [-0.2, 0) is 0 Å². The lowest BCUT2D eigenvalue weighted by atomic mass is 9.95. The molecule has 11 rings (SSSR count). The molecule has 3 heteroatoms. The third-order valence-corrected chi connectivity index (χ3v) is 11.5. The quantitative estimate of drug-likeness (QED) is 0.182. The maximum atomic E-state index is 2.48. The minimum atomic E-state index is 1.18. The Bertz CT molecular complexity index is 3100. The molecule has 0 spiro atoms. The maximum absolute atomic E-state index is 2.48. The Hall–Kier alpha value is -6.16. The molecule has 2 nitrogen and oxygen atoms in total. The minimum Gasteiger partial charge on any atom is -0.309 e. The molecule has 0 fully saturated rings. The van der Waals surface area contributed by atoms with Gasteiger partial charge in [-0.1, -0.05) is 109 Å². The van der Waals surface area contributed by atoms with Crippen LogP contribution in [0.15, 0.2) is 170 Å². The van der Waals surface area contributed by atoms with Gasteiger partial charge < -0.3 is 9.13 Å². The van der Waals surface area contributed by atoms with E-state index in [1.807, 2.05) is 11.3 Å². The van der Waals surface area contributed by atoms with Crippen molar-refractivity contribution in [3.63, 3.8) is 0 Å². The van der Waals surface area contributed by atoms with Crippen molar-refractivity contribution in [1.29, 1.82) is 0 Å². The highest BCUT2D eigenvalue weighted by molar-refractivity contribution is 7.26. The molecule has 0 amide bonds. The summed E-state index contributed by atoms with van der Waals surface area (Å²) in [5, 5.41) is 10.2. The molecule has 0 atom stereocenters. The van der Waals surface area contributed by atoms with Crippen molar-refractivity contribution in [1.82, 2.24) is 9.13 Å². The predicted molar refractivity (Wildman–Crippen MR) is 211 cm³/mol. The van der Waals surface area contributed by atoms with Crippen LogP contribution in [0.25, 0.3) is 97.1 Å². The van der Waals surface area contributed by atoms with E-state index < -0.39 is 0 Å². The molecule has 228 valence electrons. The number of thiophene rings is 1. The van der Waals surface area contributed by atoms with Crippen LogP contribution in [0.3, 0.4) is 0 Å². The molecule has 0 aliphatic carbocycles. The molecule has 0 unspecified atom stereocenters. The molecular weight excluding hydrogens is 613 g/mol. The van der Waals surface area contributed by atoms with Crippen LogP contribution in [0, 0.1) is 0 Å². The molecule has 3 heterocycles. The summed E-state index contributed by atoms with van der Waals surface area (Å²) in [7, 11) is 0. The second-order valence-corrected chi connectivity index (χ2v) is 14.0. The van der Waals surface area contributed by atoms with E-state index in [9.17, 15) is 0 Å². The van der Waals surface area contributed by atoms with Gasteiger partial charge in [-0.05, 0) is 82.6 Å². The van der Waals surface area contributed by atoms with Gasteiger partial charge in [0.2, 0.25) is 0 Å². The summed E-state index contributed by atoms with van der Waals surface area (Å²) < 4.78 is 7.55. The van der Waals surface area contributed by atoms with Gasteiger partial charge in [-0.15, -0.1) is 11.3 Å². The Morgan fingerprint density at radius 2 is 1.06 bits per heavy atom. The fourth-order valence-corrected chi connectivity index (χ4v) is 9.36. The molecule has 0 N–H and O–H groups in total. The predicted octanol–water partition coefficient (Wildman–Crippen LogP) is 13.1. The first-order valence-electron chi connectivity index (χ1n) is 16.8. The standard InChI is InChI=1S/C46H28N2S/c1-2-14-32(15-3-1)48-41-20-10-7-18-36(41)44-37(28-39-35-17-8-11-21-43(35)49-46(39)45(44)48)31-23-25-42-38(27-31)34-16-6-9-19-40(34)47(42)33-24-22-29-12-4-5-13-30(29)26-33/h1-28H. The highest BCUT2D eigenvalue weighted by Crippen LogP contribution is 2.48. The van der Waals surface area contributed by atoms with Gasteiger partial charge in [0.1, 0.15) is 0 Å². The molecule has 0 aliphatic heterocycles. The van der Waals surface area contributed by atoms with Crippen LogP contribution in [0.1, 0.15) is 0 Å². The Kier molecular flexibility index (Phi) is 5.57. The van der Waals surface area contributed by atoms with E-state index in [1.54, 1.807) is 0 Å². The van der Waals surface area contributed by atoms with E-state index in [-0.39, 0.29) is 0 Å². The Morgan fingerprint density at radius 3 is 1.92 bits per heavy atom. The minimum absolute atomic E-state index is 1.18. The first kappa shape index (κ1) is 26.9. The number of rotatable bonds is 3. The molecule has 8 aromatic carbocycles. The van der Waals surface area contributed by atoms with E-state index in [4.69, 9.17) is 0 Å². The van der Waals surface area contributed by atoms with Gasteiger partial charge in [-0.25, -0.2) is 0 Å². The van der Waals surface area contributed by atoms with E-state index >= 15 is 0 Å². The molecule has 0 saturated heterocycles. The first-order chi connectivity index (χ1) is 24.3. The van der Waals surface area contributed by atoms with Crippen molar-refractivity contribution in [3.05, 3.63) is 170 Å². The van der Waals surface area contributed by atoms with Crippen LogP contribution < -0.4 is 0 Å². The highest BCUT2D eigenvalue weighted by Gasteiger charge is 2.22. The summed E-state index contributed by atoms with van der Waals surface area (Å²) in [6, 6.07) is 62.4. The van der Waals surface area contributed by atoms with Crippen molar-refractivity contribution in [2.45, 2.75) is 0 Å². The zero-order valence-corrected chi connectivity index (χ0v) is 27.3. The SMILES string of the molecule is c1ccc(-n2c3ccccc3c3c(-c4ccc5c(c4)c4ccccc4n5-c4ccc5ccccc5c4)cc4c5ccccc5sc4c32)cc1. The topological polar surface area (TPSA) is 9.86 Å². The largest absolute Gasteiger partial charge is 0.309 e. The molecule has 0 bridgehead atoms. The van der Waals surface area contributed by atoms with Gasteiger partial charge >= 0.3 is 0 Å². The molecule has 3 aromatic heterocycles. The monoisotopic (exact) mass is 640 g/mol. The lowest BCUT2D eigenvalue weighted by Crippen LogP contribution is -1.94. The van der Waals surface area contributed by atoms with Crippen molar-refractivity contribution in [2.24, 2.45) is 0 Å². The van der Waals surface area contributed by atoms with E-state index in [0.717, 1.165) is 0 Å². The number of nitrogens with zero attached hydrogens (tertiary/aromatic N) is 2. The van der Waals surface area contributed by atoms with Gasteiger partial charge in [-0.3, -0.25) is 0 Å². The van der Waals surface area contributed by atoms with Crippen molar-refractivity contribution in [2.75, 3.05) is 0 Å². The summed E-state index contributed by atoms with van der Waals surface area (Å²) >= 11 is 1.90. The smallest absolute Gasteiger partial charge is 0.0726 e. The number of benzene rings is 8. The van der Waals surface area contributed by atoms with E-state index in [0.29, 0.717) is 0 Å². The third kappa shape index (κ3) is 3.82. The van der Waals surface area contributed by atoms with Crippen LogP contribution in [0.5, 0.6) is 0 Å². The zero-order chi connectivity index (χ0) is 32.1. The number of para-hydroxylation sites is 3. The van der Waals surface area contributed by atoms with Gasteiger partial charge in [0.15, 0.2) is 0 Å². The van der Waals surface area contributed by atoms with Crippen molar-refractivity contribution >= 4 is 85.9 Å². The summed E-state index contributed by atoms with van der Waals surface area (Å²) in [4.78, 5) is 0. The molecule has 0 aliphatic rings. The Morgan fingerprint density at radius 1 is 0.388 bits per heavy atom. The average molecular weight is 641 g/mol. The second kappa shape index (κ2) is 10.2. The Labute approximate surface area is 286 Å². The average Bonchev–Trinajstić information content (AvgIpc) is 3.82. The number of hydrogen-bond donors (Lipinski definition) is 0. The number of aromatic nitrogens is 2. The van der Waals surface area contributed by atoms with Crippen molar-refractivity contribution in [3.8, 4) is 22.5 Å². The van der Waals surface area contributed by atoms with Crippen LogP contribution in [-0.4, -0.2) is 9.13 Å². The van der Waals surface area contributed by atoms with E-state index in [2.05, 4.69) is 179 Å². The van der Waals surface area contributed by atoms with Gasteiger partial charge in [0.05, 0.1) is 26.8 Å². The maximum Gasteiger partial charge on any atom is 0.0726 e. The number of hydrogen-bond acceptors (Lipinski definition) is 1. The highest BCUT2D eigenvalue weighted by atomic mass is 32.1. The van der Waals surface area contributed by atoms with Gasteiger partial charge in [-0.2, -0.15) is 0 Å². The van der Waals surface area contributed by atoms with Gasteiger partial charge in [0, 0.05) is 48.4 Å². The summed E-state index contributed by atoms with van der Waals surface area (Å²) in [5.41, 5.74) is 9.79. The van der Waals surface area contributed by atoms with Gasteiger partial charge in [0.25, 0.3) is 0 Å². The second-order valence-electron chi connectivity index (χ2n) is 12.9. The van der Waals surface area contributed by atoms with Crippen LogP contribution >= 0.6 is 11.3 Å². The molecule has 0 saturated carbocycles. The number of fused-ring (bicyclic) bond motifs is 11. The lowest BCUT2D eigenvalue weighted by molar-refractivity contribution is 1.19. The molecule has 11 aromatic rings. The molecular formula is C46H28N2S. The van der Waals surface area contributed by atoms with Crippen LogP contribution in [0.4, 0.5) is 0 Å². The Balaban J connectivity index is 1.26. The first-order valence-corrected chi connectivity index (χ1v) is 17.6. The summed E-state index contributed by atoms with van der Waals surface area (Å²) in [5.74, 6) is 0.